The van der Waals surface area contributed by atoms with Crippen molar-refractivity contribution in [3.63, 3.8) is 0 Å². The van der Waals surface area contributed by atoms with Gasteiger partial charge < -0.3 is 19.0 Å². The second-order valence-electron chi connectivity index (χ2n) is 7.63. The number of aryl methyl sites for hydroxylation is 2. The van der Waals surface area contributed by atoms with Crippen molar-refractivity contribution in [3.05, 3.63) is 71.1 Å². The number of nitrogens with one attached hydrogen (secondary N) is 1. The average Bonchev–Trinajstić information content (AvgIpc) is 3.32. The zero-order valence-electron chi connectivity index (χ0n) is 17.7. The standard InChI is InChI=1S/C23H28N4O3/c1-16-14-19(18(3)27(16)22-6-4-5-9-24-22)23(28)25-15-20(21-8-7-17(2)30-21)26-10-12-29-13-11-26/h4-9,14,20H,10-13,15H2,1-3H3,(H,25,28). The quantitative estimate of drug-likeness (QED) is 0.678. The van der Waals surface area contributed by atoms with Crippen LogP contribution in [0.4, 0.5) is 0 Å². The molecule has 0 bridgehead atoms. The summed E-state index contributed by atoms with van der Waals surface area (Å²) in [6.45, 7) is 9.35. The van der Waals surface area contributed by atoms with Gasteiger partial charge in [-0.05, 0) is 51.1 Å². The highest BCUT2D eigenvalue weighted by atomic mass is 16.5. The molecule has 3 aromatic heterocycles. The van der Waals surface area contributed by atoms with E-state index < -0.39 is 0 Å². The van der Waals surface area contributed by atoms with Gasteiger partial charge in [0.1, 0.15) is 17.3 Å². The van der Waals surface area contributed by atoms with E-state index in [4.69, 9.17) is 9.15 Å². The topological polar surface area (TPSA) is 72.5 Å². The monoisotopic (exact) mass is 408 g/mol. The number of carbonyl (C=O) groups is 1. The Kier molecular flexibility index (Phi) is 6.01. The number of amides is 1. The van der Waals surface area contributed by atoms with Crippen molar-refractivity contribution in [1.82, 2.24) is 19.8 Å². The molecule has 4 heterocycles. The van der Waals surface area contributed by atoms with Crippen molar-refractivity contribution in [2.45, 2.75) is 26.8 Å². The number of hydrogen-bond donors (Lipinski definition) is 1. The maximum absolute atomic E-state index is 13.1. The van der Waals surface area contributed by atoms with E-state index in [-0.39, 0.29) is 11.9 Å². The molecule has 1 fully saturated rings. The molecule has 3 aromatic rings. The number of morpholine rings is 1. The van der Waals surface area contributed by atoms with Crippen molar-refractivity contribution in [3.8, 4) is 5.82 Å². The van der Waals surface area contributed by atoms with E-state index in [1.165, 1.54) is 0 Å². The molecule has 1 aliphatic heterocycles. The summed E-state index contributed by atoms with van der Waals surface area (Å²) >= 11 is 0. The second kappa shape index (κ2) is 8.85. The number of carbonyl (C=O) groups excluding carboxylic acids is 1. The molecular weight excluding hydrogens is 380 g/mol. The first-order valence-corrected chi connectivity index (χ1v) is 10.3. The van der Waals surface area contributed by atoms with E-state index >= 15 is 0 Å². The van der Waals surface area contributed by atoms with E-state index in [0.717, 1.165) is 41.8 Å². The van der Waals surface area contributed by atoms with E-state index in [9.17, 15) is 4.79 Å². The Morgan fingerprint density at radius 1 is 1.17 bits per heavy atom. The number of pyridine rings is 1. The first-order chi connectivity index (χ1) is 14.5. The molecule has 1 aliphatic rings. The SMILES string of the molecule is Cc1ccc(C(CNC(=O)c2cc(C)n(-c3ccccn3)c2C)N2CCOCC2)o1. The van der Waals surface area contributed by atoms with Crippen molar-refractivity contribution >= 4 is 5.91 Å². The summed E-state index contributed by atoms with van der Waals surface area (Å²) in [5.74, 6) is 2.46. The van der Waals surface area contributed by atoms with Crippen LogP contribution in [0.25, 0.3) is 5.82 Å². The van der Waals surface area contributed by atoms with Crippen LogP contribution in [0.2, 0.25) is 0 Å². The van der Waals surface area contributed by atoms with Gasteiger partial charge in [0, 0.05) is 37.2 Å². The van der Waals surface area contributed by atoms with Gasteiger partial charge in [-0.2, -0.15) is 0 Å². The Morgan fingerprint density at radius 3 is 2.63 bits per heavy atom. The van der Waals surface area contributed by atoms with Crippen LogP contribution in [-0.2, 0) is 4.74 Å². The van der Waals surface area contributed by atoms with Crippen LogP contribution in [0.5, 0.6) is 0 Å². The summed E-state index contributed by atoms with van der Waals surface area (Å²) in [6.07, 6.45) is 1.76. The maximum Gasteiger partial charge on any atom is 0.253 e. The molecule has 7 heteroatoms. The molecule has 0 aromatic carbocycles. The number of aromatic nitrogens is 2. The highest BCUT2D eigenvalue weighted by Gasteiger charge is 2.26. The predicted octanol–water partition coefficient (Wildman–Crippen LogP) is 3.19. The minimum absolute atomic E-state index is 0.0224. The van der Waals surface area contributed by atoms with E-state index in [1.54, 1.807) is 6.20 Å². The Hall–Kier alpha value is -2.90. The molecule has 0 aliphatic carbocycles. The molecule has 1 unspecified atom stereocenters. The van der Waals surface area contributed by atoms with Gasteiger partial charge in [0.05, 0.1) is 24.8 Å². The molecule has 1 saturated heterocycles. The molecule has 1 amide bonds. The highest BCUT2D eigenvalue weighted by molar-refractivity contribution is 5.95. The third-order valence-corrected chi connectivity index (χ3v) is 5.59. The fourth-order valence-corrected chi connectivity index (χ4v) is 4.05. The molecule has 7 nitrogen and oxygen atoms in total. The third-order valence-electron chi connectivity index (χ3n) is 5.59. The van der Waals surface area contributed by atoms with Gasteiger partial charge in [-0.1, -0.05) is 6.07 Å². The summed E-state index contributed by atoms with van der Waals surface area (Å²) < 4.78 is 13.4. The largest absolute Gasteiger partial charge is 0.465 e. The average molecular weight is 409 g/mol. The van der Waals surface area contributed by atoms with Crippen molar-refractivity contribution in [2.75, 3.05) is 32.8 Å². The van der Waals surface area contributed by atoms with Gasteiger partial charge in [0.25, 0.3) is 5.91 Å². The fraction of sp³-hybridized carbons (Fsp3) is 0.391. The molecule has 1 atom stereocenters. The number of ether oxygens (including phenoxy) is 1. The Balaban J connectivity index is 1.52. The first-order valence-electron chi connectivity index (χ1n) is 10.3. The van der Waals surface area contributed by atoms with Crippen LogP contribution >= 0.6 is 0 Å². The van der Waals surface area contributed by atoms with Gasteiger partial charge in [-0.15, -0.1) is 0 Å². The minimum Gasteiger partial charge on any atom is -0.465 e. The lowest BCUT2D eigenvalue weighted by molar-refractivity contribution is 0.0117. The highest BCUT2D eigenvalue weighted by Crippen LogP contribution is 2.24. The van der Waals surface area contributed by atoms with Crippen LogP contribution in [0.15, 0.2) is 47.0 Å². The van der Waals surface area contributed by atoms with Crippen LogP contribution in [0, 0.1) is 20.8 Å². The van der Waals surface area contributed by atoms with Crippen molar-refractivity contribution in [2.24, 2.45) is 0 Å². The first kappa shape index (κ1) is 20.4. The van der Waals surface area contributed by atoms with Crippen LogP contribution in [0.1, 0.15) is 39.3 Å². The van der Waals surface area contributed by atoms with Gasteiger partial charge in [0.15, 0.2) is 0 Å². The number of hydrogen-bond acceptors (Lipinski definition) is 5. The van der Waals surface area contributed by atoms with E-state index in [1.807, 2.05) is 61.7 Å². The Labute approximate surface area is 176 Å². The summed E-state index contributed by atoms with van der Waals surface area (Å²) in [5.41, 5.74) is 2.51. The maximum atomic E-state index is 13.1. The van der Waals surface area contributed by atoms with Gasteiger partial charge in [0.2, 0.25) is 0 Å². The molecule has 30 heavy (non-hydrogen) atoms. The van der Waals surface area contributed by atoms with Crippen molar-refractivity contribution < 1.29 is 13.9 Å². The number of furan rings is 1. The Morgan fingerprint density at radius 2 is 1.97 bits per heavy atom. The molecule has 158 valence electrons. The lowest BCUT2D eigenvalue weighted by Gasteiger charge is -2.33. The molecule has 0 saturated carbocycles. The number of rotatable bonds is 6. The summed E-state index contributed by atoms with van der Waals surface area (Å²) in [6, 6.07) is 11.6. The summed E-state index contributed by atoms with van der Waals surface area (Å²) in [7, 11) is 0. The van der Waals surface area contributed by atoms with E-state index in [0.29, 0.717) is 25.3 Å². The minimum atomic E-state index is -0.0909. The predicted molar refractivity (Wildman–Crippen MR) is 114 cm³/mol. The zero-order chi connectivity index (χ0) is 21.1. The van der Waals surface area contributed by atoms with Crippen LogP contribution in [0.3, 0.4) is 0 Å². The van der Waals surface area contributed by atoms with E-state index in [2.05, 4.69) is 15.2 Å². The summed E-state index contributed by atoms with van der Waals surface area (Å²) in [5, 5.41) is 3.12. The summed E-state index contributed by atoms with van der Waals surface area (Å²) in [4.78, 5) is 19.8. The normalized spacial score (nSPS) is 15.8. The van der Waals surface area contributed by atoms with Gasteiger partial charge >= 0.3 is 0 Å². The molecule has 1 N–H and O–H groups in total. The molecule has 0 spiro atoms. The molecular formula is C23H28N4O3. The molecule has 0 radical (unpaired) electrons. The lowest BCUT2D eigenvalue weighted by Crippen LogP contribution is -2.43. The van der Waals surface area contributed by atoms with Gasteiger partial charge in [-0.25, -0.2) is 4.98 Å². The fourth-order valence-electron chi connectivity index (χ4n) is 4.05. The Bertz CT molecular complexity index is 1000. The van der Waals surface area contributed by atoms with Crippen molar-refractivity contribution in [1.29, 1.82) is 0 Å². The van der Waals surface area contributed by atoms with Crippen LogP contribution in [-0.4, -0.2) is 53.2 Å². The second-order valence-corrected chi connectivity index (χ2v) is 7.63. The smallest absolute Gasteiger partial charge is 0.253 e. The van der Waals surface area contributed by atoms with Crippen LogP contribution < -0.4 is 5.32 Å². The molecule has 4 rings (SSSR count). The lowest BCUT2D eigenvalue weighted by atomic mass is 10.1. The van der Waals surface area contributed by atoms with Gasteiger partial charge in [-0.3, -0.25) is 9.69 Å². The zero-order valence-corrected chi connectivity index (χ0v) is 17.7. The number of nitrogens with zero attached hydrogens (tertiary/aromatic N) is 3. The third kappa shape index (κ3) is 4.17.